The Morgan fingerprint density at radius 3 is 2.62 bits per heavy atom. The molecule has 1 aliphatic heterocycles. The predicted octanol–water partition coefficient (Wildman–Crippen LogP) is 1.11. The average Bonchev–Trinajstić information content (AvgIpc) is 2.76. The molecule has 0 radical (unpaired) electrons. The van der Waals surface area contributed by atoms with E-state index in [1.807, 2.05) is 7.05 Å². The summed E-state index contributed by atoms with van der Waals surface area (Å²) in [6, 6.07) is 9.66. The van der Waals surface area contributed by atoms with Gasteiger partial charge in [-0.2, -0.15) is 4.31 Å². The fraction of sp³-hybridized carbons (Fsp3) is 0.286. The van der Waals surface area contributed by atoms with Gasteiger partial charge in [-0.05, 0) is 43.4 Å². The molecule has 2 heterocycles. The molecule has 1 aromatic heterocycles. The van der Waals surface area contributed by atoms with Gasteiger partial charge in [0.05, 0.1) is 22.1 Å². The summed E-state index contributed by atoms with van der Waals surface area (Å²) in [5.41, 5.74) is 0.0731. The number of fused-ring (bicyclic) bond motifs is 1. The topological polar surface area (TPSA) is 105 Å². The summed E-state index contributed by atoms with van der Waals surface area (Å²) in [5.74, 6) is -1.12. The Kier molecular flexibility index (Phi) is 6.04. The number of hydrogen-bond donors (Lipinski definition) is 1. The second-order valence-electron chi connectivity index (χ2n) is 7.62. The molecule has 0 atom stereocenters. The van der Waals surface area contributed by atoms with E-state index in [4.69, 9.17) is 0 Å². The number of carbonyl (C=O) groups excluding carboxylic acids is 1. The van der Waals surface area contributed by atoms with Crippen molar-refractivity contribution in [1.29, 1.82) is 0 Å². The van der Waals surface area contributed by atoms with Crippen molar-refractivity contribution in [3.05, 3.63) is 65.0 Å². The first-order valence-corrected chi connectivity index (χ1v) is 11.4. The van der Waals surface area contributed by atoms with E-state index in [0.717, 1.165) is 10.6 Å². The lowest BCUT2D eigenvalue weighted by atomic mass is 10.2. The SMILES string of the molecule is CN1CCN(S(=O)(=O)c2cccc(NC(=O)Cn3cnc4ccc(F)cc4c3=O)c2)CC1. The number of benzene rings is 2. The van der Waals surface area contributed by atoms with Gasteiger partial charge in [-0.15, -0.1) is 0 Å². The highest BCUT2D eigenvalue weighted by molar-refractivity contribution is 7.89. The number of carbonyl (C=O) groups is 1. The van der Waals surface area contributed by atoms with Crippen LogP contribution in [-0.2, 0) is 21.4 Å². The summed E-state index contributed by atoms with van der Waals surface area (Å²) in [7, 11) is -1.75. The summed E-state index contributed by atoms with van der Waals surface area (Å²) >= 11 is 0. The van der Waals surface area contributed by atoms with Gasteiger partial charge in [-0.1, -0.05) is 6.07 Å². The highest BCUT2D eigenvalue weighted by Crippen LogP contribution is 2.21. The number of hydrogen-bond acceptors (Lipinski definition) is 6. The molecular weight excluding hydrogens is 437 g/mol. The van der Waals surface area contributed by atoms with Crippen LogP contribution in [0.25, 0.3) is 10.9 Å². The van der Waals surface area contributed by atoms with E-state index in [-0.39, 0.29) is 22.5 Å². The van der Waals surface area contributed by atoms with E-state index >= 15 is 0 Å². The normalized spacial score (nSPS) is 15.7. The zero-order valence-corrected chi connectivity index (χ0v) is 18.2. The molecule has 0 bridgehead atoms. The number of nitrogens with zero attached hydrogens (tertiary/aromatic N) is 4. The van der Waals surface area contributed by atoms with Gasteiger partial charge in [0.25, 0.3) is 5.56 Å². The Balaban J connectivity index is 1.50. The lowest BCUT2D eigenvalue weighted by Crippen LogP contribution is -2.47. The molecule has 9 nitrogen and oxygen atoms in total. The van der Waals surface area contributed by atoms with Crippen LogP contribution in [0.4, 0.5) is 10.1 Å². The average molecular weight is 460 g/mol. The highest BCUT2D eigenvalue weighted by atomic mass is 32.2. The van der Waals surface area contributed by atoms with E-state index in [2.05, 4.69) is 15.2 Å². The van der Waals surface area contributed by atoms with Crippen LogP contribution in [-0.4, -0.2) is 66.3 Å². The Bertz CT molecular complexity index is 1330. The first kappa shape index (κ1) is 22.1. The van der Waals surface area contributed by atoms with Crippen LogP contribution in [0.2, 0.25) is 0 Å². The van der Waals surface area contributed by atoms with Gasteiger partial charge in [-0.25, -0.2) is 17.8 Å². The molecule has 0 spiro atoms. The maximum atomic E-state index is 13.5. The van der Waals surface area contributed by atoms with Gasteiger partial charge in [0, 0.05) is 31.9 Å². The minimum atomic E-state index is -3.68. The fourth-order valence-corrected chi connectivity index (χ4v) is 4.98. The van der Waals surface area contributed by atoms with Crippen molar-refractivity contribution >= 4 is 32.5 Å². The molecule has 1 fully saturated rings. The molecule has 1 saturated heterocycles. The van der Waals surface area contributed by atoms with Crippen LogP contribution < -0.4 is 10.9 Å². The lowest BCUT2D eigenvalue weighted by molar-refractivity contribution is -0.116. The van der Waals surface area contributed by atoms with Crippen molar-refractivity contribution in [2.45, 2.75) is 11.4 Å². The van der Waals surface area contributed by atoms with E-state index in [0.29, 0.717) is 31.7 Å². The molecule has 32 heavy (non-hydrogen) atoms. The number of nitrogens with one attached hydrogen (secondary N) is 1. The smallest absolute Gasteiger partial charge is 0.261 e. The zero-order chi connectivity index (χ0) is 22.9. The standard InChI is InChI=1S/C21H22FN5O4S/c1-25-7-9-27(10-8-25)32(30,31)17-4-2-3-16(12-17)24-20(28)13-26-14-23-19-6-5-15(22)11-18(19)21(26)29/h2-6,11-12,14H,7-10,13H2,1H3,(H,24,28). The highest BCUT2D eigenvalue weighted by Gasteiger charge is 2.27. The van der Waals surface area contributed by atoms with Crippen LogP contribution in [0, 0.1) is 5.82 Å². The molecule has 0 saturated carbocycles. The Morgan fingerprint density at radius 1 is 1.12 bits per heavy atom. The number of rotatable bonds is 5. The number of piperazine rings is 1. The van der Waals surface area contributed by atoms with Crippen molar-refractivity contribution in [3.8, 4) is 0 Å². The Hall–Kier alpha value is -3.15. The van der Waals surface area contributed by atoms with Gasteiger partial charge in [0.15, 0.2) is 0 Å². The molecule has 1 aliphatic rings. The maximum Gasteiger partial charge on any atom is 0.261 e. The van der Waals surface area contributed by atoms with Gasteiger partial charge >= 0.3 is 0 Å². The van der Waals surface area contributed by atoms with Crippen molar-refractivity contribution in [2.24, 2.45) is 0 Å². The fourth-order valence-electron chi connectivity index (χ4n) is 3.51. The molecule has 0 unspecified atom stereocenters. The molecule has 0 aliphatic carbocycles. The zero-order valence-electron chi connectivity index (χ0n) is 17.4. The number of anilines is 1. The first-order chi connectivity index (χ1) is 15.2. The van der Waals surface area contributed by atoms with E-state index in [9.17, 15) is 22.4 Å². The third kappa shape index (κ3) is 4.54. The monoisotopic (exact) mass is 459 g/mol. The largest absolute Gasteiger partial charge is 0.324 e. The second kappa shape index (κ2) is 8.77. The quantitative estimate of drug-likeness (QED) is 0.613. The molecule has 1 amide bonds. The summed E-state index contributed by atoms with van der Waals surface area (Å²) in [6.45, 7) is 1.73. The molecule has 3 aromatic rings. The van der Waals surface area contributed by atoms with E-state index in [1.165, 1.54) is 34.9 Å². The summed E-state index contributed by atoms with van der Waals surface area (Å²) in [4.78, 5) is 31.3. The number of halogens is 1. The molecule has 2 aromatic carbocycles. The minimum absolute atomic E-state index is 0.0700. The van der Waals surface area contributed by atoms with Gasteiger partial charge in [0.1, 0.15) is 12.4 Å². The molecule has 4 rings (SSSR count). The van der Waals surface area contributed by atoms with Crippen molar-refractivity contribution in [1.82, 2.24) is 18.8 Å². The molecule has 11 heteroatoms. The van der Waals surface area contributed by atoms with Crippen LogP contribution in [0.15, 0.2) is 58.5 Å². The first-order valence-electron chi connectivity index (χ1n) is 9.97. The van der Waals surface area contributed by atoms with Crippen molar-refractivity contribution in [3.63, 3.8) is 0 Å². The predicted molar refractivity (Wildman–Crippen MR) is 117 cm³/mol. The molecule has 168 valence electrons. The Labute approximate surface area is 184 Å². The van der Waals surface area contributed by atoms with Gasteiger partial charge in [-0.3, -0.25) is 14.2 Å². The number of likely N-dealkylation sites (N-methyl/N-ethyl adjacent to an activating group) is 1. The van der Waals surface area contributed by atoms with E-state index in [1.54, 1.807) is 12.1 Å². The third-order valence-electron chi connectivity index (χ3n) is 5.32. The van der Waals surface area contributed by atoms with Crippen LogP contribution in [0.3, 0.4) is 0 Å². The summed E-state index contributed by atoms with van der Waals surface area (Å²) < 4.78 is 41.8. The minimum Gasteiger partial charge on any atom is -0.324 e. The summed E-state index contributed by atoms with van der Waals surface area (Å²) in [5, 5.41) is 2.68. The number of amides is 1. The van der Waals surface area contributed by atoms with Crippen molar-refractivity contribution < 1.29 is 17.6 Å². The number of aromatic nitrogens is 2. The maximum absolute atomic E-state index is 13.5. The van der Waals surface area contributed by atoms with Gasteiger partial charge in [0.2, 0.25) is 15.9 Å². The summed E-state index contributed by atoms with van der Waals surface area (Å²) in [6.07, 6.45) is 1.22. The van der Waals surface area contributed by atoms with E-state index < -0.39 is 27.3 Å². The van der Waals surface area contributed by atoms with Gasteiger partial charge < -0.3 is 10.2 Å². The van der Waals surface area contributed by atoms with Crippen LogP contribution in [0.5, 0.6) is 0 Å². The second-order valence-corrected chi connectivity index (χ2v) is 9.56. The Morgan fingerprint density at radius 2 is 1.88 bits per heavy atom. The van der Waals surface area contributed by atoms with Crippen LogP contribution in [0.1, 0.15) is 0 Å². The third-order valence-corrected chi connectivity index (χ3v) is 7.21. The molecule has 1 N–H and O–H groups in total. The number of sulfonamides is 1. The lowest BCUT2D eigenvalue weighted by Gasteiger charge is -2.31. The van der Waals surface area contributed by atoms with Crippen LogP contribution >= 0.6 is 0 Å². The van der Waals surface area contributed by atoms with Crippen molar-refractivity contribution in [2.75, 3.05) is 38.5 Å². The molecular formula is C21H22FN5O4S.